The van der Waals surface area contributed by atoms with E-state index in [1.54, 1.807) is 5.57 Å². The molecule has 11 heterocycles. The predicted octanol–water partition coefficient (Wildman–Crippen LogP) is 16.4. The highest BCUT2D eigenvalue weighted by atomic mass is 16.5. The summed E-state index contributed by atoms with van der Waals surface area (Å²) in [5.74, 6) is 2.82. The number of nitrogens with zero attached hydrogens (tertiary/aromatic N) is 11. The Kier molecular flexibility index (Phi) is 54.3. The molecule has 10 fully saturated rings. The summed E-state index contributed by atoms with van der Waals surface area (Å²) in [7, 11) is 1.36. The Bertz CT molecular complexity index is 2690. The molecule has 11 rings (SSSR count). The minimum atomic E-state index is -0.405. The molecule has 11 aliphatic rings. The lowest BCUT2D eigenvalue weighted by Gasteiger charge is -2.46. The second kappa shape index (κ2) is 55.9. The van der Waals surface area contributed by atoms with Crippen molar-refractivity contribution in [1.82, 2.24) is 69.8 Å². The van der Waals surface area contributed by atoms with E-state index in [2.05, 4.69) is 351 Å². The van der Waals surface area contributed by atoms with Gasteiger partial charge < -0.3 is 51.2 Å². The average Bonchev–Trinajstić information content (AvgIpc) is 1.66. The molecule has 10 saturated heterocycles. The van der Waals surface area contributed by atoms with Crippen molar-refractivity contribution in [2.75, 3.05) is 191 Å². The van der Waals surface area contributed by atoms with E-state index in [4.69, 9.17) is 20.3 Å². The van der Waals surface area contributed by atoms with Gasteiger partial charge in [0.25, 0.3) is 0 Å². The van der Waals surface area contributed by atoms with Crippen LogP contribution in [-0.4, -0.2) is 369 Å². The number of carbonyl (C=O) groups excluding carboxylic acids is 1. The van der Waals surface area contributed by atoms with Crippen LogP contribution in [0.5, 0.6) is 0 Å². The van der Waals surface area contributed by atoms with E-state index in [-0.39, 0.29) is 54.1 Å². The molecular weight excluding hydrogens is 1560 g/mol. The number of β-amino-alcohol motifs (C(OH)–C–C–N with tert-alkyl or cyclic N) is 1. The number of rotatable bonds is 4. The first-order valence-corrected chi connectivity index (χ1v) is 50.2. The molecule has 0 aromatic heterocycles. The number of nitrogens with two attached hydrogens (primary N) is 1. The van der Waals surface area contributed by atoms with Gasteiger partial charge in [-0.1, -0.05) is 39.3 Å². The number of hydrogen-bond acceptors (Lipinski definition) is 21. The van der Waals surface area contributed by atoms with E-state index in [1.807, 2.05) is 0 Å². The predicted molar refractivity (Wildman–Crippen MR) is 539 cm³/mol. The summed E-state index contributed by atoms with van der Waals surface area (Å²) in [6.45, 7) is 117. The maximum absolute atomic E-state index is 11.1. The molecule has 1 amide bonds. The highest BCUT2D eigenvalue weighted by molar-refractivity contribution is 5.67. The molecule has 0 saturated carbocycles. The van der Waals surface area contributed by atoms with E-state index in [9.17, 15) is 15.0 Å². The molecule has 0 radical (unpaired) electrons. The number of ether oxygens (including phenoxy) is 3. The third kappa shape index (κ3) is 52.1. The van der Waals surface area contributed by atoms with Crippen molar-refractivity contribution >= 4 is 6.09 Å². The van der Waals surface area contributed by atoms with E-state index >= 15 is 0 Å². The Balaban J connectivity index is 0.000000689. The molecule has 746 valence electrons. The molecule has 0 aliphatic carbocycles. The van der Waals surface area contributed by atoms with Crippen LogP contribution in [-0.2, 0) is 14.2 Å². The first-order chi connectivity index (χ1) is 57.1. The lowest BCUT2D eigenvalue weighted by molar-refractivity contribution is -0.0588. The number of methoxy groups -OCH3 is 1. The number of likely N-dealkylation sites (tertiary alicyclic amines) is 6. The van der Waals surface area contributed by atoms with Crippen LogP contribution < -0.4 is 21.7 Å². The SMILES string of the molecule is CC(C)(C)N1CCCC(N)C1.CC(C)(C)N1CCCCC(O)C1.CC(C)(C)N1CCCNCC1.CC(C)(C)N1CCNC(CO)C1.CC1=CCN(C(C)(C)C)CC1.CC1CCN(C(C)(C)C)CC1.CC1CN(C(C)(C)C)C1.CC1CN(C(C)(C)C)C1.CC1CN(C(C)(C)C)CCO1.CCC1CN(C(C)(C)C)CCO1.COC(=O)NC1CC(CO)N(C(C)(C)C)C1. The van der Waals surface area contributed by atoms with Gasteiger partial charge in [-0.25, -0.2) is 4.79 Å². The Morgan fingerprint density at radius 2 is 0.872 bits per heavy atom. The zero-order valence-electron chi connectivity index (χ0n) is 90.4. The monoisotopic (exact) mass is 1780 g/mol. The van der Waals surface area contributed by atoms with Crippen molar-refractivity contribution in [2.24, 2.45) is 23.5 Å². The van der Waals surface area contributed by atoms with Gasteiger partial charge in [0.15, 0.2) is 0 Å². The molecule has 8 N–H and O–H groups in total. The highest BCUT2D eigenvalue weighted by Crippen LogP contribution is 2.31. The maximum Gasteiger partial charge on any atom is 0.407 e. The van der Waals surface area contributed by atoms with E-state index in [1.165, 1.54) is 130 Å². The number of alkyl carbamates (subject to hydrolysis) is 1. The largest absolute Gasteiger partial charge is 0.453 e. The molecule has 7 unspecified atom stereocenters. The quantitative estimate of drug-likeness (QED) is 0.131. The molecule has 7 atom stereocenters. The molecule has 11 aliphatic heterocycles. The number of piperazine rings is 1. The Hall–Kier alpha value is -1.75. The highest BCUT2D eigenvalue weighted by Gasteiger charge is 2.40. The van der Waals surface area contributed by atoms with Gasteiger partial charge >= 0.3 is 6.09 Å². The molecule has 0 aromatic carbocycles. The summed E-state index contributed by atoms with van der Waals surface area (Å²) in [5.41, 5.74) is 10.7. The fraction of sp³-hybridized carbons (Fsp3) is 0.971. The first-order valence-electron chi connectivity index (χ1n) is 50.2. The van der Waals surface area contributed by atoms with Crippen LogP contribution in [0.2, 0.25) is 0 Å². The van der Waals surface area contributed by atoms with Crippen molar-refractivity contribution in [3.05, 3.63) is 11.6 Å². The normalized spacial score (nSPS) is 26.0. The van der Waals surface area contributed by atoms with Gasteiger partial charge in [-0.05, 0) is 370 Å². The summed E-state index contributed by atoms with van der Waals surface area (Å²) >= 11 is 0. The third-order valence-electron chi connectivity index (χ3n) is 26.6. The molecule has 125 heavy (non-hydrogen) atoms. The molecular formula is C103H217N15O7. The molecule has 22 nitrogen and oxygen atoms in total. The second-order valence-electron chi connectivity index (χ2n) is 49.7. The van der Waals surface area contributed by atoms with Crippen LogP contribution >= 0.6 is 0 Å². The summed E-state index contributed by atoms with van der Waals surface area (Å²) in [5, 5.41) is 37.4. The van der Waals surface area contributed by atoms with E-state index in [0.717, 1.165) is 135 Å². The zero-order chi connectivity index (χ0) is 96.3. The number of amides is 1. The van der Waals surface area contributed by atoms with Crippen LogP contribution in [0.1, 0.15) is 341 Å². The zero-order valence-corrected chi connectivity index (χ0v) is 90.4. The number of aliphatic hydroxyl groups excluding tert-OH is 3. The Morgan fingerprint density at radius 3 is 1.26 bits per heavy atom. The van der Waals surface area contributed by atoms with Gasteiger partial charge in [-0.2, -0.15) is 0 Å². The smallest absolute Gasteiger partial charge is 0.407 e. The van der Waals surface area contributed by atoms with Crippen molar-refractivity contribution < 1.29 is 34.3 Å². The lowest BCUT2D eigenvalue weighted by Crippen LogP contribution is -2.57. The van der Waals surface area contributed by atoms with Crippen molar-refractivity contribution in [1.29, 1.82) is 0 Å². The standard InChI is InChI=1S/C11H22N2O3.2C10H21NO.C10H21N.C10H19N.C9H20N2O.2C9H20N2.C9H19NO.2C8H17N/c1-11(2,3)13-6-8(5-9(13)7-14)12-10(15)16-4;1-10(2,3)11-7-5-4-6-9(12)8-11;1-5-9-8-11(6-7-12-9)10(2,3)4;2*1-9-5-7-11(8-6-9)10(2,3)4;1-9(2,3)11-5-4-10-8(6-11)7-12;1-9(2,3)11-7-4-5-10-6-8-11;1-9(2,3)11-6-4-5-8(10)7-11;1-8-7-10(5-6-11-8)9(2,3)4;2*1-7-5-9(6-7)8(2,3)4/h8-9,14H,5-7H2,1-4H3,(H,12,15);9,12H,4-8H2,1-3H3;9H,5-8H2,1-4H3;9H,5-8H2,1-4H3;5H,6-8H2,1-4H3;8,10,12H,4-7H2,1-3H3;10H,4-8H2,1-3H3;8H,4-7,10H2,1-3H3;8H,5-7H2,1-4H3;2*7H,5-6H2,1-4H3. The van der Waals surface area contributed by atoms with Crippen LogP contribution in [0.15, 0.2) is 11.6 Å². The van der Waals surface area contributed by atoms with Crippen molar-refractivity contribution in [2.45, 2.75) is 444 Å². The minimum absolute atomic E-state index is 0.0000535. The van der Waals surface area contributed by atoms with Crippen molar-refractivity contribution in [3.8, 4) is 0 Å². The molecule has 0 aromatic rings. The maximum atomic E-state index is 11.1. The Labute approximate surface area is 776 Å². The number of morpholine rings is 2. The van der Waals surface area contributed by atoms with E-state index in [0.29, 0.717) is 62.6 Å². The summed E-state index contributed by atoms with van der Waals surface area (Å²) < 4.78 is 15.6. The first kappa shape index (κ1) is 121. The summed E-state index contributed by atoms with van der Waals surface area (Å²) in [4.78, 5) is 38.2. The fourth-order valence-electron chi connectivity index (χ4n) is 17.2. The topological polar surface area (TPSA) is 203 Å². The van der Waals surface area contributed by atoms with Crippen LogP contribution in [0.25, 0.3) is 0 Å². The fourth-order valence-corrected chi connectivity index (χ4v) is 17.2. The van der Waals surface area contributed by atoms with Crippen molar-refractivity contribution in [3.63, 3.8) is 0 Å². The van der Waals surface area contributed by atoms with Gasteiger partial charge in [0.05, 0.1) is 51.8 Å². The average molecular weight is 1780 g/mol. The van der Waals surface area contributed by atoms with Gasteiger partial charge in [-0.15, -0.1) is 0 Å². The molecule has 22 heteroatoms. The van der Waals surface area contributed by atoms with Crippen LogP contribution in [0.3, 0.4) is 0 Å². The Morgan fingerprint density at radius 1 is 0.440 bits per heavy atom. The van der Waals surface area contributed by atoms with Gasteiger partial charge in [0.1, 0.15) is 0 Å². The summed E-state index contributed by atoms with van der Waals surface area (Å²) in [6.07, 6.45) is 15.7. The number of hydrogen-bond donors (Lipinski definition) is 7. The van der Waals surface area contributed by atoms with Gasteiger partial charge in [0.2, 0.25) is 0 Å². The van der Waals surface area contributed by atoms with Crippen LogP contribution in [0, 0.1) is 17.8 Å². The molecule has 0 spiro atoms. The lowest BCUT2D eigenvalue weighted by atomic mass is 9.94. The number of carbonyl (C=O) groups is 1. The van der Waals surface area contributed by atoms with Gasteiger partial charge in [0, 0.05) is 203 Å². The number of piperidine rings is 2. The minimum Gasteiger partial charge on any atom is -0.453 e. The summed E-state index contributed by atoms with van der Waals surface area (Å²) in [6, 6.07) is 0.840. The second-order valence-corrected chi connectivity index (χ2v) is 49.7. The van der Waals surface area contributed by atoms with Crippen LogP contribution in [0.4, 0.5) is 4.79 Å². The molecule has 0 bridgehead atoms. The third-order valence-corrected chi connectivity index (χ3v) is 26.6. The number of nitrogens with one attached hydrogen (secondary N) is 3. The van der Waals surface area contributed by atoms with E-state index < -0.39 is 6.09 Å². The number of aliphatic hydroxyl groups is 3. The van der Waals surface area contributed by atoms with Gasteiger partial charge in [-0.3, -0.25) is 53.9 Å².